The van der Waals surface area contributed by atoms with Gasteiger partial charge in [-0.15, -0.1) is 0 Å². The summed E-state index contributed by atoms with van der Waals surface area (Å²) in [6, 6.07) is 0. The molecule has 84 heavy (non-hydrogen) atoms. The van der Waals surface area contributed by atoms with E-state index in [2.05, 4.69) is 160 Å². The third-order valence-electron chi connectivity index (χ3n) is 13.9. The molecule has 0 radical (unpaired) electrons. The van der Waals surface area contributed by atoms with Crippen LogP contribution in [0.15, 0.2) is 146 Å². The number of esters is 2. The second kappa shape index (κ2) is 63.4. The molecule has 2 unspecified atom stereocenters. The summed E-state index contributed by atoms with van der Waals surface area (Å²) in [4.78, 5) is 35.8. The zero-order chi connectivity index (χ0) is 61.2. The number of quaternary nitrogens is 1. The average molecular weight is 1190 g/mol. The van der Waals surface area contributed by atoms with Crippen molar-refractivity contribution >= 4 is 19.8 Å². The van der Waals surface area contributed by atoms with E-state index in [1.54, 1.807) is 0 Å². The lowest BCUT2D eigenvalue weighted by Gasteiger charge is -2.24. The fourth-order valence-corrected chi connectivity index (χ4v) is 9.50. The van der Waals surface area contributed by atoms with Crippen molar-refractivity contribution in [3.63, 3.8) is 0 Å². The van der Waals surface area contributed by atoms with Crippen LogP contribution >= 0.6 is 7.82 Å². The summed E-state index contributed by atoms with van der Waals surface area (Å²) in [7, 11) is 1.45. The Morgan fingerprint density at radius 2 is 0.679 bits per heavy atom. The average Bonchev–Trinajstić information content (AvgIpc) is 3.61. The molecule has 2 atom stereocenters. The second-order valence-electron chi connectivity index (χ2n) is 23.1. The van der Waals surface area contributed by atoms with Crippen molar-refractivity contribution in [2.24, 2.45) is 0 Å². The molecular weight excluding hydrogens is 1060 g/mol. The van der Waals surface area contributed by atoms with Gasteiger partial charge in [-0.05, 0) is 103 Å². The van der Waals surface area contributed by atoms with Gasteiger partial charge in [0.05, 0.1) is 27.7 Å². The number of nitrogens with zero attached hydrogens (tertiary/aromatic N) is 1. The van der Waals surface area contributed by atoms with Crippen LogP contribution < -0.4 is 0 Å². The standard InChI is InChI=1S/C74H124NO8P/c1-6-8-10-12-14-16-18-20-22-24-26-27-28-29-30-31-32-33-34-35-36-37-38-39-40-41-42-43-44-45-46-47-49-51-53-55-57-59-61-63-65-67-74(77)83-72(71-82-84(78,79)81-69-68-75(3,4)5)70-80-73(76)66-64-62-60-58-56-54-52-50-48-25-23-21-19-17-15-13-11-9-7-2/h8,10,14,16,20,22,26-27,29-30,32-33,35-36,38-39,41-42,44-45,47,49,53,55,72H,6-7,9,11-13,15,17-19,21,23-25,28,31,34,37,40,43,46,48,50-52,54,56-71H2,1-5H3/p+1/b10-8-,16-14-,22-20-,27-26-,30-29-,33-32-,36-35-,39-38-,42-41-,45-44-,49-47-,55-53-. The molecule has 0 rings (SSSR count). The molecule has 0 amide bonds. The van der Waals surface area contributed by atoms with Gasteiger partial charge in [0.25, 0.3) is 0 Å². The summed E-state index contributed by atoms with van der Waals surface area (Å²) in [5, 5.41) is 0. The van der Waals surface area contributed by atoms with Gasteiger partial charge in [0.2, 0.25) is 0 Å². The zero-order valence-electron chi connectivity index (χ0n) is 54.3. The third kappa shape index (κ3) is 67.0. The van der Waals surface area contributed by atoms with Crippen molar-refractivity contribution in [2.75, 3.05) is 47.5 Å². The van der Waals surface area contributed by atoms with Gasteiger partial charge in [0.1, 0.15) is 19.8 Å². The minimum absolute atomic E-state index is 0.0206. The molecule has 0 fully saturated rings. The number of unbranched alkanes of at least 4 members (excludes halogenated alkanes) is 22. The highest BCUT2D eigenvalue weighted by molar-refractivity contribution is 7.47. The van der Waals surface area contributed by atoms with Crippen molar-refractivity contribution in [3.05, 3.63) is 146 Å². The lowest BCUT2D eigenvalue weighted by Crippen LogP contribution is -2.37. The SMILES string of the molecule is CC/C=C\C/C=C\C/C=C\C/C=C\C/C=C\C/C=C\C/C=C\C/C=C\C/C=C\C/C=C\C/C=C\C/C=C\CCCCCCC(=O)OC(COC(=O)CCCCCCCCCCCCCCCCCCCCC)COP(=O)(O)OCC[N+](C)(C)C. The van der Waals surface area contributed by atoms with Crippen molar-refractivity contribution in [1.82, 2.24) is 0 Å². The van der Waals surface area contributed by atoms with Crippen LogP contribution in [-0.2, 0) is 32.7 Å². The summed E-state index contributed by atoms with van der Waals surface area (Å²) in [5.41, 5.74) is 0. The molecule has 0 aliphatic rings. The lowest BCUT2D eigenvalue weighted by atomic mass is 10.0. The van der Waals surface area contributed by atoms with E-state index in [1.807, 2.05) is 21.1 Å². The minimum atomic E-state index is -4.40. The first-order valence-electron chi connectivity index (χ1n) is 33.6. The molecule has 1 N–H and O–H groups in total. The van der Waals surface area contributed by atoms with Crippen LogP contribution in [0.25, 0.3) is 0 Å². The Hall–Kier alpha value is -4.11. The molecule has 0 aliphatic carbocycles. The highest BCUT2D eigenvalue weighted by atomic mass is 31.2. The number of allylic oxidation sites excluding steroid dienone is 24. The van der Waals surface area contributed by atoms with Gasteiger partial charge >= 0.3 is 19.8 Å². The van der Waals surface area contributed by atoms with E-state index in [0.29, 0.717) is 17.4 Å². The molecule has 0 aromatic rings. The number of carbonyl (C=O) groups is 2. The topological polar surface area (TPSA) is 108 Å². The highest BCUT2D eigenvalue weighted by Gasteiger charge is 2.27. The van der Waals surface area contributed by atoms with Crippen LogP contribution in [-0.4, -0.2) is 74.9 Å². The second-order valence-corrected chi connectivity index (χ2v) is 24.6. The quantitative estimate of drug-likeness (QED) is 0.0211. The maximum Gasteiger partial charge on any atom is 0.472 e. The molecular formula is C74H125NO8P+. The van der Waals surface area contributed by atoms with E-state index >= 15 is 0 Å². The van der Waals surface area contributed by atoms with E-state index in [4.69, 9.17) is 18.5 Å². The van der Waals surface area contributed by atoms with Crippen molar-refractivity contribution in [2.45, 2.75) is 264 Å². The lowest BCUT2D eigenvalue weighted by molar-refractivity contribution is -0.870. The number of phosphoric ester groups is 1. The van der Waals surface area contributed by atoms with Gasteiger partial charge in [-0.2, -0.15) is 0 Å². The summed E-state index contributed by atoms with van der Waals surface area (Å²) in [5.74, 6) is -0.828. The number of phosphoric acid groups is 1. The molecule has 0 aromatic carbocycles. The molecule has 478 valence electrons. The van der Waals surface area contributed by atoms with E-state index in [1.165, 1.54) is 103 Å². The van der Waals surface area contributed by atoms with E-state index < -0.39 is 26.5 Å². The van der Waals surface area contributed by atoms with Crippen LogP contribution in [0.4, 0.5) is 0 Å². The first-order valence-corrected chi connectivity index (χ1v) is 35.1. The summed E-state index contributed by atoms with van der Waals surface area (Å²) < 4.78 is 34.6. The highest BCUT2D eigenvalue weighted by Crippen LogP contribution is 2.43. The Bertz CT molecular complexity index is 1930. The van der Waals surface area contributed by atoms with Gasteiger partial charge < -0.3 is 18.9 Å². The van der Waals surface area contributed by atoms with Crippen molar-refractivity contribution < 1.29 is 42.1 Å². The summed E-state index contributed by atoms with van der Waals surface area (Å²) in [6.45, 7) is 4.30. The van der Waals surface area contributed by atoms with Gasteiger partial charge in [-0.1, -0.05) is 288 Å². The fraction of sp³-hybridized carbons (Fsp3) is 0.649. The Balaban J connectivity index is 4.17. The van der Waals surface area contributed by atoms with Gasteiger partial charge in [0, 0.05) is 12.8 Å². The first-order chi connectivity index (χ1) is 41.0. The van der Waals surface area contributed by atoms with Gasteiger partial charge in [-0.25, -0.2) is 4.57 Å². The zero-order valence-corrected chi connectivity index (χ0v) is 55.2. The summed E-state index contributed by atoms with van der Waals surface area (Å²) in [6.07, 6.45) is 93.7. The Morgan fingerprint density at radius 3 is 1.01 bits per heavy atom. The number of ether oxygens (including phenoxy) is 2. The van der Waals surface area contributed by atoms with E-state index in [0.717, 1.165) is 122 Å². The molecule has 0 aliphatic heterocycles. The third-order valence-corrected chi connectivity index (χ3v) is 14.9. The molecule has 0 spiro atoms. The Kier molecular flexibility index (Phi) is 60.3. The molecule has 0 saturated heterocycles. The number of hydrogen-bond acceptors (Lipinski definition) is 7. The predicted molar refractivity (Wildman–Crippen MR) is 362 cm³/mol. The van der Waals surface area contributed by atoms with Crippen molar-refractivity contribution in [3.8, 4) is 0 Å². The molecule has 0 saturated carbocycles. The largest absolute Gasteiger partial charge is 0.472 e. The molecule has 9 nitrogen and oxygen atoms in total. The predicted octanol–water partition coefficient (Wildman–Crippen LogP) is 21.8. The van der Waals surface area contributed by atoms with Gasteiger partial charge in [0.15, 0.2) is 6.10 Å². The summed E-state index contributed by atoms with van der Waals surface area (Å²) >= 11 is 0. The van der Waals surface area contributed by atoms with Crippen LogP contribution in [0, 0.1) is 0 Å². The molecule has 0 bridgehead atoms. The van der Waals surface area contributed by atoms with Crippen molar-refractivity contribution in [1.29, 1.82) is 0 Å². The van der Waals surface area contributed by atoms with Crippen LogP contribution in [0.1, 0.15) is 258 Å². The first kappa shape index (κ1) is 79.9. The maximum atomic E-state index is 12.8. The van der Waals surface area contributed by atoms with Gasteiger partial charge in [-0.3, -0.25) is 18.6 Å². The van der Waals surface area contributed by atoms with Crippen LogP contribution in [0.5, 0.6) is 0 Å². The monoisotopic (exact) mass is 1190 g/mol. The fourth-order valence-electron chi connectivity index (χ4n) is 8.76. The Morgan fingerprint density at radius 1 is 0.381 bits per heavy atom. The van der Waals surface area contributed by atoms with E-state index in [9.17, 15) is 19.0 Å². The Labute approximate surface area is 516 Å². The van der Waals surface area contributed by atoms with Crippen LogP contribution in [0.3, 0.4) is 0 Å². The number of likely N-dealkylation sites (N-methyl/N-ethyl adjacent to an activating group) is 1. The molecule has 10 heteroatoms. The molecule has 0 aromatic heterocycles. The normalized spacial score (nSPS) is 14.1. The minimum Gasteiger partial charge on any atom is -0.462 e. The number of rotatable bonds is 60. The van der Waals surface area contributed by atoms with E-state index in [-0.39, 0.29) is 32.0 Å². The number of carbonyl (C=O) groups excluding carboxylic acids is 2. The maximum absolute atomic E-state index is 12.8. The number of hydrogen-bond donors (Lipinski definition) is 1. The molecule has 0 heterocycles. The smallest absolute Gasteiger partial charge is 0.462 e. The van der Waals surface area contributed by atoms with Crippen LogP contribution in [0.2, 0.25) is 0 Å².